The van der Waals surface area contributed by atoms with Gasteiger partial charge in [0.25, 0.3) is 0 Å². The number of guanidine groups is 1. The number of nitrogens with zero attached hydrogens (tertiary/aromatic N) is 3. The molecule has 170 valence electrons. The summed E-state index contributed by atoms with van der Waals surface area (Å²) in [6.45, 7) is 8.32. The molecule has 2 N–H and O–H groups in total. The molecule has 2 aliphatic rings. The van der Waals surface area contributed by atoms with Gasteiger partial charge >= 0.3 is 0 Å². The highest BCUT2D eigenvalue weighted by Gasteiger charge is 2.20. The number of aliphatic imine (C=N–C) groups is 1. The molecule has 2 heterocycles. The van der Waals surface area contributed by atoms with Gasteiger partial charge in [-0.1, -0.05) is 43.2 Å². The van der Waals surface area contributed by atoms with Gasteiger partial charge in [-0.25, -0.2) is 0 Å². The maximum absolute atomic E-state index is 4.43. The van der Waals surface area contributed by atoms with Gasteiger partial charge in [-0.15, -0.1) is 24.0 Å². The van der Waals surface area contributed by atoms with Crippen molar-refractivity contribution in [2.24, 2.45) is 4.99 Å². The number of halogens is 1. The van der Waals surface area contributed by atoms with Gasteiger partial charge in [0, 0.05) is 39.3 Å². The smallest absolute Gasteiger partial charge is 0.191 e. The van der Waals surface area contributed by atoms with E-state index >= 15 is 0 Å². The monoisotopic (exact) mass is 527 g/mol. The van der Waals surface area contributed by atoms with Crippen LogP contribution < -0.4 is 10.6 Å². The van der Waals surface area contributed by atoms with Gasteiger partial charge in [0.15, 0.2) is 5.96 Å². The van der Waals surface area contributed by atoms with E-state index in [1.807, 2.05) is 7.05 Å². The van der Waals surface area contributed by atoms with Crippen molar-refractivity contribution >= 4 is 29.9 Å². The van der Waals surface area contributed by atoms with Gasteiger partial charge in [0.1, 0.15) is 0 Å². The number of rotatable bonds is 9. The summed E-state index contributed by atoms with van der Waals surface area (Å²) in [5.74, 6) is 0.975. The van der Waals surface area contributed by atoms with Crippen LogP contribution in [0, 0.1) is 0 Å². The Balaban J connectivity index is 0.00000320. The first-order valence-electron chi connectivity index (χ1n) is 11.8. The minimum absolute atomic E-state index is 0. The second kappa shape index (κ2) is 15.0. The second-order valence-corrected chi connectivity index (χ2v) is 8.64. The maximum atomic E-state index is 4.43. The molecule has 0 atom stereocenters. The highest BCUT2D eigenvalue weighted by Crippen LogP contribution is 2.14. The molecule has 0 amide bonds. The molecular weight excluding hydrogens is 485 g/mol. The Morgan fingerprint density at radius 1 is 0.933 bits per heavy atom. The fourth-order valence-electron chi connectivity index (χ4n) is 4.49. The summed E-state index contributed by atoms with van der Waals surface area (Å²) in [5, 5.41) is 7.15. The van der Waals surface area contributed by atoms with Gasteiger partial charge < -0.3 is 15.5 Å². The van der Waals surface area contributed by atoms with Crippen LogP contribution in [0.2, 0.25) is 0 Å². The molecule has 0 bridgehead atoms. The van der Waals surface area contributed by atoms with Crippen LogP contribution in [0.5, 0.6) is 0 Å². The van der Waals surface area contributed by atoms with Crippen LogP contribution in [-0.4, -0.2) is 68.1 Å². The van der Waals surface area contributed by atoms with Crippen molar-refractivity contribution < 1.29 is 0 Å². The number of unbranched alkanes of at least 4 members (excludes halogenated alkanes) is 2. The largest absolute Gasteiger partial charge is 0.356 e. The molecule has 0 spiro atoms. The van der Waals surface area contributed by atoms with Crippen LogP contribution in [0.15, 0.2) is 35.3 Å². The minimum Gasteiger partial charge on any atom is -0.356 e. The number of hydrogen-bond acceptors (Lipinski definition) is 3. The minimum atomic E-state index is 0. The third-order valence-corrected chi connectivity index (χ3v) is 6.29. The van der Waals surface area contributed by atoms with Crippen LogP contribution in [-0.2, 0) is 6.54 Å². The Morgan fingerprint density at radius 2 is 1.67 bits per heavy atom. The van der Waals surface area contributed by atoms with Gasteiger partial charge in [-0.05, 0) is 63.7 Å². The standard InChI is InChI=1S/C24H41N5.HI/c1-25-24(26-15-7-3-8-16-28-17-9-4-10-18-28)27-23-13-19-29(20-14-23)21-22-11-5-2-6-12-22;/h2,5-6,11-12,23H,3-4,7-10,13-21H2,1H3,(H2,25,26,27);1H. The van der Waals surface area contributed by atoms with Crippen molar-refractivity contribution in [1.82, 2.24) is 20.4 Å². The highest BCUT2D eigenvalue weighted by atomic mass is 127. The van der Waals surface area contributed by atoms with Crippen molar-refractivity contribution in [3.63, 3.8) is 0 Å². The predicted octanol–water partition coefficient (Wildman–Crippen LogP) is 4.09. The normalized spacial score (nSPS) is 19.3. The number of piperidine rings is 2. The zero-order chi connectivity index (χ0) is 20.2. The second-order valence-electron chi connectivity index (χ2n) is 8.64. The van der Waals surface area contributed by atoms with Crippen LogP contribution in [0.3, 0.4) is 0 Å². The Bertz CT molecular complexity index is 581. The molecule has 2 fully saturated rings. The first kappa shape index (κ1) is 25.4. The molecule has 0 saturated carbocycles. The molecule has 2 aliphatic heterocycles. The van der Waals surface area contributed by atoms with Gasteiger partial charge in [0.05, 0.1) is 0 Å². The van der Waals surface area contributed by atoms with Crippen LogP contribution in [0.4, 0.5) is 0 Å². The summed E-state index contributed by atoms with van der Waals surface area (Å²) in [7, 11) is 1.89. The van der Waals surface area contributed by atoms with Gasteiger partial charge in [-0.2, -0.15) is 0 Å². The Hall–Kier alpha value is -0.860. The molecule has 30 heavy (non-hydrogen) atoms. The van der Waals surface area contributed by atoms with E-state index in [-0.39, 0.29) is 24.0 Å². The molecule has 5 nitrogen and oxygen atoms in total. The van der Waals surface area contributed by atoms with E-state index in [0.717, 1.165) is 32.1 Å². The molecular formula is C24H42IN5. The Labute approximate surface area is 201 Å². The fourth-order valence-corrected chi connectivity index (χ4v) is 4.49. The quantitative estimate of drug-likeness (QED) is 0.220. The number of nitrogens with one attached hydrogen (secondary N) is 2. The summed E-state index contributed by atoms with van der Waals surface area (Å²) in [4.78, 5) is 9.63. The lowest BCUT2D eigenvalue weighted by Crippen LogP contribution is -2.48. The van der Waals surface area contributed by atoms with E-state index < -0.39 is 0 Å². The average molecular weight is 528 g/mol. The maximum Gasteiger partial charge on any atom is 0.191 e. The average Bonchev–Trinajstić information content (AvgIpc) is 2.78. The van der Waals surface area contributed by atoms with Gasteiger partial charge in [-0.3, -0.25) is 9.89 Å². The molecule has 0 aliphatic carbocycles. The van der Waals surface area contributed by atoms with Crippen molar-refractivity contribution in [1.29, 1.82) is 0 Å². The number of likely N-dealkylation sites (tertiary alicyclic amines) is 2. The van der Waals surface area contributed by atoms with Crippen molar-refractivity contribution in [2.45, 2.75) is 64.0 Å². The van der Waals surface area contributed by atoms with Crippen molar-refractivity contribution in [2.75, 3.05) is 46.3 Å². The fraction of sp³-hybridized carbons (Fsp3) is 0.708. The summed E-state index contributed by atoms with van der Waals surface area (Å²) < 4.78 is 0. The number of hydrogen-bond donors (Lipinski definition) is 2. The van der Waals surface area contributed by atoms with Crippen LogP contribution in [0.1, 0.15) is 56.9 Å². The SMILES string of the molecule is CN=C(NCCCCCN1CCCCC1)NC1CCN(Cc2ccccc2)CC1.I. The molecule has 0 radical (unpaired) electrons. The van der Waals surface area contributed by atoms with Crippen molar-refractivity contribution in [3.05, 3.63) is 35.9 Å². The topological polar surface area (TPSA) is 42.9 Å². The van der Waals surface area contributed by atoms with Crippen LogP contribution in [0.25, 0.3) is 0 Å². The lowest BCUT2D eigenvalue weighted by Gasteiger charge is -2.33. The Morgan fingerprint density at radius 3 is 2.37 bits per heavy atom. The van der Waals surface area contributed by atoms with E-state index in [1.165, 1.54) is 76.6 Å². The molecule has 6 heteroatoms. The summed E-state index contributed by atoms with van der Waals surface area (Å²) in [6.07, 6.45) is 10.4. The molecule has 2 saturated heterocycles. The molecule has 1 aromatic rings. The van der Waals surface area contributed by atoms with E-state index in [9.17, 15) is 0 Å². The summed E-state index contributed by atoms with van der Waals surface area (Å²) in [5.41, 5.74) is 1.41. The molecule has 3 rings (SSSR count). The number of benzene rings is 1. The summed E-state index contributed by atoms with van der Waals surface area (Å²) in [6, 6.07) is 11.3. The first-order valence-corrected chi connectivity index (χ1v) is 11.8. The zero-order valence-electron chi connectivity index (χ0n) is 18.8. The molecule has 1 aromatic carbocycles. The summed E-state index contributed by atoms with van der Waals surface area (Å²) >= 11 is 0. The zero-order valence-corrected chi connectivity index (χ0v) is 21.2. The van der Waals surface area contributed by atoms with E-state index in [1.54, 1.807) is 0 Å². The third-order valence-electron chi connectivity index (χ3n) is 6.29. The lowest BCUT2D eigenvalue weighted by molar-refractivity contribution is 0.198. The van der Waals surface area contributed by atoms with E-state index in [4.69, 9.17) is 0 Å². The highest BCUT2D eigenvalue weighted by molar-refractivity contribution is 14.0. The van der Waals surface area contributed by atoms with Crippen LogP contribution >= 0.6 is 24.0 Å². The molecule has 0 unspecified atom stereocenters. The Kier molecular flexibility index (Phi) is 12.7. The lowest BCUT2D eigenvalue weighted by atomic mass is 10.0. The van der Waals surface area contributed by atoms with Crippen molar-refractivity contribution in [3.8, 4) is 0 Å². The van der Waals surface area contributed by atoms with Gasteiger partial charge in [0.2, 0.25) is 0 Å². The first-order chi connectivity index (χ1) is 14.3. The van der Waals surface area contributed by atoms with E-state index in [0.29, 0.717) is 6.04 Å². The third kappa shape index (κ3) is 9.52. The predicted molar refractivity (Wildman–Crippen MR) is 139 cm³/mol. The van der Waals surface area contributed by atoms with E-state index in [2.05, 4.69) is 55.8 Å². The molecule has 0 aromatic heterocycles.